The van der Waals surface area contributed by atoms with Gasteiger partial charge in [-0.3, -0.25) is 9.78 Å². The van der Waals surface area contributed by atoms with Crippen molar-refractivity contribution >= 4 is 16.9 Å². The van der Waals surface area contributed by atoms with E-state index in [2.05, 4.69) is 10.3 Å². The summed E-state index contributed by atoms with van der Waals surface area (Å²) in [7, 11) is 0. The van der Waals surface area contributed by atoms with Crippen LogP contribution in [0.5, 0.6) is 0 Å². The zero-order chi connectivity index (χ0) is 24.9. The molecule has 0 spiro atoms. The maximum Gasteiger partial charge on any atom is 0.251 e. The molecule has 0 aliphatic rings. The van der Waals surface area contributed by atoms with Crippen molar-refractivity contribution in [3.8, 4) is 22.5 Å². The number of carbonyl (C=O) groups is 1. The van der Waals surface area contributed by atoms with Crippen LogP contribution in [0.2, 0.25) is 0 Å². The van der Waals surface area contributed by atoms with Gasteiger partial charge in [-0.25, -0.2) is 18.7 Å². The fraction of sp³-hybridized carbons (Fsp3) is 0.103. The molecule has 0 atom stereocenters. The highest BCUT2D eigenvalue weighted by Gasteiger charge is 2.15. The molecule has 0 bridgehead atoms. The van der Waals surface area contributed by atoms with E-state index in [9.17, 15) is 13.6 Å². The summed E-state index contributed by atoms with van der Waals surface area (Å²) in [5.74, 6) is -0.916. The van der Waals surface area contributed by atoms with Gasteiger partial charge >= 0.3 is 0 Å². The van der Waals surface area contributed by atoms with Crippen molar-refractivity contribution in [2.75, 3.05) is 6.54 Å². The van der Waals surface area contributed by atoms with E-state index in [0.717, 1.165) is 18.4 Å². The van der Waals surface area contributed by atoms with E-state index in [-0.39, 0.29) is 17.5 Å². The van der Waals surface area contributed by atoms with Gasteiger partial charge < -0.3 is 5.32 Å². The molecule has 3 aromatic carbocycles. The number of aryl methyl sites for hydroxylation is 1. The highest BCUT2D eigenvalue weighted by Crippen LogP contribution is 2.31. The van der Waals surface area contributed by atoms with E-state index in [4.69, 9.17) is 9.97 Å². The maximum atomic E-state index is 13.6. The molecule has 5 rings (SSSR count). The third-order valence-electron chi connectivity index (χ3n) is 5.81. The molecule has 1 amide bonds. The lowest BCUT2D eigenvalue weighted by atomic mass is 10.0. The van der Waals surface area contributed by atoms with Gasteiger partial charge in [-0.15, -0.1) is 0 Å². The summed E-state index contributed by atoms with van der Waals surface area (Å²) in [6.07, 6.45) is 5.17. The average Bonchev–Trinajstić information content (AvgIpc) is 2.91. The first-order chi connectivity index (χ1) is 17.6. The summed E-state index contributed by atoms with van der Waals surface area (Å²) < 4.78 is 27.1. The molecule has 5 aromatic rings. The first-order valence-electron chi connectivity index (χ1n) is 11.6. The van der Waals surface area contributed by atoms with Gasteiger partial charge in [0, 0.05) is 35.6 Å². The van der Waals surface area contributed by atoms with Crippen LogP contribution >= 0.6 is 0 Å². The number of fused-ring (bicyclic) bond motifs is 1. The third kappa shape index (κ3) is 5.25. The van der Waals surface area contributed by atoms with Gasteiger partial charge in [-0.2, -0.15) is 0 Å². The largest absolute Gasteiger partial charge is 0.352 e. The zero-order valence-corrected chi connectivity index (χ0v) is 19.3. The van der Waals surface area contributed by atoms with Gasteiger partial charge in [0.15, 0.2) is 0 Å². The van der Waals surface area contributed by atoms with Crippen LogP contribution in [0.4, 0.5) is 8.78 Å². The minimum atomic E-state index is -0.363. The monoisotopic (exact) mass is 480 g/mol. The third-order valence-corrected chi connectivity index (χ3v) is 5.81. The molecule has 0 unspecified atom stereocenters. The number of rotatable bonds is 7. The minimum absolute atomic E-state index is 0.198. The molecule has 1 N–H and O–H groups in total. The molecule has 36 heavy (non-hydrogen) atoms. The second-order valence-electron chi connectivity index (χ2n) is 8.36. The number of aromatic nitrogens is 3. The number of pyridine rings is 1. The number of nitrogens with one attached hydrogen (secondary N) is 1. The lowest BCUT2D eigenvalue weighted by molar-refractivity contribution is 0.0953. The highest BCUT2D eigenvalue weighted by atomic mass is 19.1. The second-order valence-corrected chi connectivity index (χ2v) is 8.36. The van der Waals surface area contributed by atoms with Crippen LogP contribution < -0.4 is 5.32 Å². The predicted molar refractivity (Wildman–Crippen MR) is 135 cm³/mol. The molecule has 0 saturated heterocycles. The van der Waals surface area contributed by atoms with Crippen molar-refractivity contribution in [1.82, 2.24) is 20.3 Å². The summed E-state index contributed by atoms with van der Waals surface area (Å²) in [4.78, 5) is 26.4. The summed E-state index contributed by atoms with van der Waals surface area (Å²) >= 11 is 0. The SMILES string of the molecule is O=C(NCCCc1cccnc1)c1ccc2nc(-c3ccc(F)cc3)c(-c3ccc(F)cc3)nc2c1. The lowest BCUT2D eigenvalue weighted by Crippen LogP contribution is -2.24. The zero-order valence-electron chi connectivity index (χ0n) is 19.3. The summed E-state index contributed by atoms with van der Waals surface area (Å²) in [6.45, 7) is 0.530. The predicted octanol–water partition coefficient (Wildman–Crippen LogP) is 6.00. The van der Waals surface area contributed by atoms with E-state index >= 15 is 0 Å². The molecule has 178 valence electrons. The van der Waals surface area contributed by atoms with Gasteiger partial charge in [0.05, 0.1) is 22.4 Å². The van der Waals surface area contributed by atoms with E-state index in [0.29, 0.717) is 45.7 Å². The number of nitrogens with zero attached hydrogens (tertiary/aromatic N) is 3. The number of hydrogen-bond acceptors (Lipinski definition) is 4. The fourth-order valence-corrected chi connectivity index (χ4v) is 3.96. The molecule has 0 radical (unpaired) electrons. The molecule has 0 aliphatic heterocycles. The molecule has 0 saturated carbocycles. The molecular weight excluding hydrogens is 458 g/mol. The van der Waals surface area contributed by atoms with Gasteiger partial charge in [0.2, 0.25) is 0 Å². The Kier molecular flexibility index (Phi) is 6.71. The van der Waals surface area contributed by atoms with Crippen LogP contribution in [0.25, 0.3) is 33.5 Å². The lowest BCUT2D eigenvalue weighted by Gasteiger charge is -2.12. The van der Waals surface area contributed by atoms with Gasteiger partial charge in [0.25, 0.3) is 5.91 Å². The van der Waals surface area contributed by atoms with E-state index in [1.165, 1.54) is 24.3 Å². The van der Waals surface area contributed by atoms with Crippen LogP contribution in [0.1, 0.15) is 22.3 Å². The van der Waals surface area contributed by atoms with E-state index < -0.39 is 0 Å². The Morgan fingerprint density at radius 2 is 1.42 bits per heavy atom. The van der Waals surface area contributed by atoms with Gasteiger partial charge in [0.1, 0.15) is 11.6 Å². The Balaban J connectivity index is 1.43. The summed E-state index contributed by atoms with van der Waals surface area (Å²) in [6, 6.07) is 21.0. The minimum Gasteiger partial charge on any atom is -0.352 e. The normalized spacial score (nSPS) is 10.9. The molecule has 5 nitrogen and oxygen atoms in total. The van der Waals surface area contributed by atoms with Crippen LogP contribution in [0.15, 0.2) is 91.3 Å². The number of benzene rings is 3. The highest BCUT2D eigenvalue weighted by molar-refractivity contribution is 5.98. The number of carbonyl (C=O) groups excluding carboxylic acids is 1. The van der Waals surface area contributed by atoms with E-state index in [1.54, 1.807) is 48.7 Å². The topological polar surface area (TPSA) is 67.8 Å². The van der Waals surface area contributed by atoms with Crippen molar-refractivity contribution in [2.24, 2.45) is 0 Å². The Morgan fingerprint density at radius 3 is 2.03 bits per heavy atom. The Labute approximate surface area is 206 Å². The maximum absolute atomic E-state index is 13.6. The standard InChI is InChI=1S/C29H22F2N4O/c30-23-10-5-20(6-11-23)27-28(21-7-12-24(31)13-8-21)35-26-17-22(9-14-25(26)34-27)29(36)33-16-2-4-19-3-1-15-32-18-19/h1,3,5-15,17-18H,2,4,16H2,(H,33,36). The van der Waals surface area contributed by atoms with Crippen LogP contribution in [-0.2, 0) is 6.42 Å². The first kappa shape index (κ1) is 23.2. The number of amides is 1. The van der Waals surface area contributed by atoms with Crippen LogP contribution in [0.3, 0.4) is 0 Å². The van der Waals surface area contributed by atoms with Crippen molar-refractivity contribution in [3.63, 3.8) is 0 Å². The Morgan fingerprint density at radius 1 is 0.778 bits per heavy atom. The van der Waals surface area contributed by atoms with Crippen molar-refractivity contribution in [2.45, 2.75) is 12.8 Å². The summed E-state index contributed by atoms with van der Waals surface area (Å²) in [5.41, 5.74) is 5.12. The second kappa shape index (κ2) is 10.4. The van der Waals surface area contributed by atoms with Crippen molar-refractivity contribution in [1.29, 1.82) is 0 Å². The Hall–Kier alpha value is -4.52. The summed E-state index contributed by atoms with van der Waals surface area (Å²) in [5, 5.41) is 2.94. The van der Waals surface area contributed by atoms with Gasteiger partial charge in [-0.1, -0.05) is 6.07 Å². The number of halogens is 2. The van der Waals surface area contributed by atoms with Crippen LogP contribution in [-0.4, -0.2) is 27.4 Å². The molecule has 0 aliphatic carbocycles. The fourth-order valence-electron chi connectivity index (χ4n) is 3.96. The first-order valence-corrected chi connectivity index (χ1v) is 11.6. The quantitative estimate of drug-likeness (QED) is 0.290. The van der Waals surface area contributed by atoms with Gasteiger partial charge in [-0.05, 0) is 91.2 Å². The van der Waals surface area contributed by atoms with E-state index in [1.807, 2.05) is 18.3 Å². The average molecular weight is 481 g/mol. The smallest absolute Gasteiger partial charge is 0.251 e. The van der Waals surface area contributed by atoms with Crippen molar-refractivity contribution in [3.05, 3.63) is 114 Å². The molecule has 2 heterocycles. The van der Waals surface area contributed by atoms with Crippen molar-refractivity contribution < 1.29 is 13.6 Å². The molecule has 2 aromatic heterocycles. The number of hydrogen-bond donors (Lipinski definition) is 1. The molecular formula is C29H22F2N4O. The Bertz CT molecular complexity index is 1510. The van der Waals surface area contributed by atoms with Crippen LogP contribution in [0, 0.1) is 11.6 Å². The molecule has 0 fully saturated rings. The molecule has 7 heteroatoms.